The van der Waals surface area contributed by atoms with Crippen molar-refractivity contribution >= 4 is 17.7 Å². The Balaban J connectivity index is 1.67. The number of aryl methyl sites for hydroxylation is 3. The summed E-state index contributed by atoms with van der Waals surface area (Å²) in [6.45, 7) is 9.17. The molecule has 2 heterocycles. The van der Waals surface area contributed by atoms with Gasteiger partial charge in [-0.2, -0.15) is 0 Å². The van der Waals surface area contributed by atoms with E-state index in [0.29, 0.717) is 29.8 Å². The summed E-state index contributed by atoms with van der Waals surface area (Å²) >= 11 is 0. The zero-order valence-electron chi connectivity index (χ0n) is 20.1. The number of halogens is 1. The van der Waals surface area contributed by atoms with Gasteiger partial charge in [-0.05, 0) is 70.4 Å². The smallest absolute Gasteiger partial charge is 0.355 e. The Morgan fingerprint density at radius 1 is 1.00 bits per heavy atom. The standard InChI is InChI=1S/C26H29FN2O5/c1-6-33-26(32)24-16(3)23(17(4)28-24)25(31)34-14-22(30)21-13-15(2)29(18(21)5)12-11-19-7-9-20(27)10-8-19/h7-10,13,28H,6,11-12,14H2,1-5H3. The van der Waals surface area contributed by atoms with Gasteiger partial charge in [-0.3, -0.25) is 4.79 Å². The van der Waals surface area contributed by atoms with Crippen LogP contribution in [0.5, 0.6) is 0 Å². The molecule has 3 aromatic rings. The molecule has 0 fully saturated rings. The zero-order chi connectivity index (χ0) is 25.0. The van der Waals surface area contributed by atoms with Gasteiger partial charge in [0.2, 0.25) is 5.78 Å². The van der Waals surface area contributed by atoms with Crippen molar-refractivity contribution in [3.63, 3.8) is 0 Å². The van der Waals surface area contributed by atoms with Crippen LogP contribution in [0.2, 0.25) is 0 Å². The lowest BCUT2D eigenvalue weighted by atomic mass is 10.1. The normalized spacial score (nSPS) is 10.9. The molecule has 0 aliphatic carbocycles. The number of carbonyl (C=O) groups excluding carboxylic acids is 3. The first-order valence-electron chi connectivity index (χ1n) is 11.1. The number of hydrogen-bond donors (Lipinski definition) is 1. The molecule has 0 saturated heterocycles. The molecular formula is C26H29FN2O5. The largest absolute Gasteiger partial charge is 0.461 e. The van der Waals surface area contributed by atoms with Crippen LogP contribution in [0.25, 0.3) is 0 Å². The van der Waals surface area contributed by atoms with Crippen molar-refractivity contribution in [1.29, 1.82) is 0 Å². The summed E-state index contributed by atoms with van der Waals surface area (Å²) in [5.74, 6) is -1.82. The van der Waals surface area contributed by atoms with E-state index >= 15 is 0 Å². The minimum absolute atomic E-state index is 0.197. The predicted octanol–water partition coefficient (Wildman–Crippen LogP) is 4.65. The zero-order valence-corrected chi connectivity index (χ0v) is 20.1. The van der Waals surface area contributed by atoms with Gasteiger partial charge in [0.05, 0.1) is 12.2 Å². The number of nitrogens with one attached hydrogen (secondary N) is 1. The first kappa shape index (κ1) is 25.0. The highest BCUT2D eigenvalue weighted by molar-refractivity contribution is 6.02. The highest BCUT2D eigenvalue weighted by Crippen LogP contribution is 2.21. The number of nitrogens with zero attached hydrogens (tertiary/aromatic N) is 1. The summed E-state index contributed by atoms with van der Waals surface area (Å²) in [6, 6.07) is 8.12. The Hall–Kier alpha value is -3.68. The van der Waals surface area contributed by atoms with E-state index in [1.54, 1.807) is 39.0 Å². The topological polar surface area (TPSA) is 90.4 Å². The van der Waals surface area contributed by atoms with Gasteiger partial charge in [-0.15, -0.1) is 0 Å². The molecule has 2 aromatic heterocycles. The van der Waals surface area contributed by atoms with Crippen LogP contribution in [0.3, 0.4) is 0 Å². The molecule has 0 saturated carbocycles. The maximum atomic E-state index is 13.1. The summed E-state index contributed by atoms with van der Waals surface area (Å²) in [5.41, 5.74) is 4.48. The SMILES string of the molecule is CCOC(=O)c1[nH]c(C)c(C(=O)OCC(=O)c2cc(C)n(CCc3ccc(F)cc3)c2C)c1C. The summed E-state index contributed by atoms with van der Waals surface area (Å²) in [6.07, 6.45) is 0.689. The second-order valence-corrected chi connectivity index (χ2v) is 8.16. The summed E-state index contributed by atoms with van der Waals surface area (Å²) < 4.78 is 25.4. The summed E-state index contributed by atoms with van der Waals surface area (Å²) in [5, 5.41) is 0. The number of aromatic nitrogens is 2. The molecular weight excluding hydrogens is 439 g/mol. The molecule has 0 aliphatic rings. The van der Waals surface area contributed by atoms with Crippen LogP contribution < -0.4 is 0 Å². The monoisotopic (exact) mass is 468 g/mol. The van der Waals surface area contributed by atoms with Crippen LogP contribution in [-0.4, -0.2) is 40.5 Å². The molecule has 0 amide bonds. The molecule has 8 heteroatoms. The number of rotatable bonds is 9. The predicted molar refractivity (Wildman–Crippen MR) is 125 cm³/mol. The van der Waals surface area contributed by atoms with E-state index in [4.69, 9.17) is 9.47 Å². The molecule has 3 rings (SSSR count). The van der Waals surface area contributed by atoms with Crippen molar-refractivity contribution < 1.29 is 28.2 Å². The summed E-state index contributed by atoms with van der Waals surface area (Å²) in [4.78, 5) is 40.4. The first-order valence-corrected chi connectivity index (χ1v) is 11.1. The molecule has 7 nitrogen and oxygen atoms in total. The van der Waals surface area contributed by atoms with E-state index < -0.39 is 18.5 Å². The number of esters is 2. The van der Waals surface area contributed by atoms with Gasteiger partial charge >= 0.3 is 11.9 Å². The second kappa shape index (κ2) is 10.5. The summed E-state index contributed by atoms with van der Waals surface area (Å²) in [7, 11) is 0. The molecule has 0 aliphatic heterocycles. The minimum atomic E-state index is -0.680. The van der Waals surface area contributed by atoms with Crippen molar-refractivity contribution in [3.05, 3.63) is 81.2 Å². The molecule has 0 unspecified atom stereocenters. The van der Waals surface area contributed by atoms with Crippen molar-refractivity contribution in [2.75, 3.05) is 13.2 Å². The number of carbonyl (C=O) groups is 3. The lowest BCUT2D eigenvalue weighted by Gasteiger charge is -2.10. The third-order valence-corrected chi connectivity index (χ3v) is 5.87. The Morgan fingerprint density at radius 2 is 1.68 bits per heavy atom. The molecule has 0 spiro atoms. The number of ether oxygens (including phenoxy) is 2. The molecule has 1 N–H and O–H groups in total. The third-order valence-electron chi connectivity index (χ3n) is 5.87. The van der Waals surface area contributed by atoms with Gasteiger partial charge in [0.1, 0.15) is 11.5 Å². The second-order valence-electron chi connectivity index (χ2n) is 8.16. The van der Waals surface area contributed by atoms with Crippen LogP contribution in [0.1, 0.15) is 66.3 Å². The molecule has 0 radical (unpaired) electrons. The Morgan fingerprint density at radius 3 is 2.32 bits per heavy atom. The fourth-order valence-corrected chi connectivity index (χ4v) is 4.06. The first-order chi connectivity index (χ1) is 16.1. The third kappa shape index (κ3) is 5.27. The number of Topliss-reactive ketones (excluding diaryl/α,β-unsaturated/α-hetero) is 1. The fourth-order valence-electron chi connectivity index (χ4n) is 4.06. The van der Waals surface area contributed by atoms with Crippen molar-refractivity contribution in [3.8, 4) is 0 Å². The Bertz CT molecular complexity index is 1220. The van der Waals surface area contributed by atoms with Gasteiger partial charge < -0.3 is 19.0 Å². The van der Waals surface area contributed by atoms with Gasteiger partial charge in [0, 0.05) is 29.2 Å². The van der Waals surface area contributed by atoms with Crippen LogP contribution in [0, 0.1) is 33.5 Å². The average Bonchev–Trinajstić information content (AvgIpc) is 3.26. The van der Waals surface area contributed by atoms with Crippen LogP contribution in [0.15, 0.2) is 30.3 Å². The van der Waals surface area contributed by atoms with Crippen molar-refractivity contribution in [2.24, 2.45) is 0 Å². The molecule has 34 heavy (non-hydrogen) atoms. The molecule has 1 aromatic carbocycles. The molecule has 180 valence electrons. The number of aromatic amines is 1. The lowest BCUT2D eigenvalue weighted by Crippen LogP contribution is -2.16. The average molecular weight is 469 g/mol. The number of H-pyrrole nitrogens is 1. The van der Waals surface area contributed by atoms with Crippen molar-refractivity contribution in [2.45, 2.75) is 47.6 Å². The highest BCUT2D eigenvalue weighted by atomic mass is 19.1. The molecule has 0 bridgehead atoms. The maximum Gasteiger partial charge on any atom is 0.355 e. The molecule has 0 atom stereocenters. The fraction of sp³-hybridized carbons (Fsp3) is 0.346. The Labute approximate surface area is 197 Å². The Kier molecular flexibility index (Phi) is 7.71. The minimum Gasteiger partial charge on any atom is -0.461 e. The van der Waals surface area contributed by atoms with Gasteiger partial charge in [-0.25, -0.2) is 14.0 Å². The highest BCUT2D eigenvalue weighted by Gasteiger charge is 2.25. The van der Waals surface area contributed by atoms with Gasteiger partial charge in [0.25, 0.3) is 0 Å². The van der Waals surface area contributed by atoms with E-state index in [9.17, 15) is 18.8 Å². The van der Waals surface area contributed by atoms with Crippen LogP contribution in [-0.2, 0) is 22.4 Å². The number of benzene rings is 1. The van der Waals surface area contributed by atoms with E-state index in [0.717, 1.165) is 17.0 Å². The van der Waals surface area contributed by atoms with Gasteiger partial charge in [-0.1, -0.05) is 12.1 Å². The van der Waals surface area contributed by atoms with E-state index in [2.05, 4.69) is 4.98 Å². The quantitative estimate of drug-likeness (QED) is 0.365. The lowest BCUT2D eigenvalue weighted by molar-refractivity contribution is 0.0473. The van der Waals surface area contributed by atoms with E-state index in [1.807, 2.05) is 18.4 Å². The number of hydrogen-bond acceptors (Lipinski definition) is 5. The maximum absolute atomic E-state index is 13.1. The van der Waals surface area contributed by atoms with Gasteiger partial charge in [0.15, 0.2) is 6.61 Å². The number of ketones is 1. The van der Waals surface area contributed by atoms with E-state index in [1.165, 1.54) is 12.1 Å². The van der Waals surface area contributed by atoms with Crippen molar-refractivity contribution in [1.82, 2.24) is 9.55 Å². The van der Waals surface area contributed by atoms with E-state index in [-0.39, 0.29) is 29.5 Å². The van der Waals surface area contributed by atoms with Crippen LogP contribution >= 0.6 is 0 Å². The van der Waals surface area contributed by atoms with Crippen LogP contribution in [0.4, 0.5) is 4.39 Å².